The summed E-state index contributed by atoms with van der Waals surface area (Å²) in [7, 11) is 0. The van der Waals surface area contributed by atoms with Gasteiger partial charge in [-0.15, -0.1) is 0 Å². The normalized spacial score (nSPS) is 10.0. The summed E-state index contributed by atoms with van der Waals surface area (Å²) >= 11 is 5.93. The van der Waals surface area contributed by atoms with Gasteiger partial charge in [-0.1, -0.05) is 35.9 Å². The molecule has 1 amide bonds. The number of hydrogen-bond donors (Lipinski definition) is 2. The fourth-order valence-corrected chi connectivity index (χ4v) is 1.87. The van der Waals surface area contributed by atoms with Crippen LogP contribution >= 0.6 is 11.6 Å². The Morgan fingerprint density at radius 1 is 1.16 bits per heavy atom. The molecule has 0 atom stereocenters. The van der Waals surface area contributed by atoms with E-state index in [1.807, 2.05) is 43.3 Å². The van der Waals surface area contributed by atoms with E-state index in [2.05, 4.69) is 10.6 Å². The number of aryl methyl sites for hydroxylation is 1. The first-order chi connectivity index (χ1) is 9.16. The zero-order valence-electron chi connectivity index (χ0n) is 10.6. The predicted octanol–water partition coefficient (Wildman–Crippen LogP) is 3.45. The van der Waals surface area contributed by atoms with Crippen LogP contribution in [0.4, 0.5) is 5.69 Å². The molecule has 0 heterocycles. The van der Waals surface area contributed by atoms with Crippen LogP contribution in [0.1, 0.15) is 15.9 Å². The molecule has 0 aliphatic rings. The van der Waals surface area contributed by atoms with Gasteiger partial charge in [0.15, 0.2) is 0 Å². The summed E-state index contributed by atoms with van der Waals surface area (Å²) < 4.78 is 0. The van der Waals surface area contributed by atoms with Crippen molar-refractivity contribution in [1.82, 2.24) is 5.32 Å². The van der Waals surface area contributed by atoms with Crippen molar-refractivity contribution in [1.29, 1.82) is 0 Å². The summed E-state index contributed by atoms with van der Waals surface area (Å²) in [5, 5.41) is 6.61. The van der Waals surface area contributed by atoms with Crippen molar-refractivity contribution in [3.05, 3.63) is 64.7 Å². The maximum absolute atomic E-state index is 11.8. The second-order valence-electron chi connectivity index (χ2n) is 4.18. The lowest BCUT2D eigenvalue weighted by Crippen LogP contribution is -2.29. The lowest BCUT2D eigenvalue weighted by atomic mass is 10.2. The highest BCUT2D eigenvalue weighted by Crippen LogP contribution is 2.19. The molecule has 2 aromatic rings. The number of rotatable bonds is 4. The monoisotopic (exact) mass is 274 g/mol. The van der Waals surface area contributed by atoms with E-state index in [0.29, 0.717) is 17.3 Å². The number of halogens is 1. The molecule has 0 aliphatic heterocycles. The van der Waals surface area contributed by atoms with Gasteiger partial charge in [-0.3, -0.25) is 4.79 Å². The van der Waals surface area contributed by atoms with Gasteiger partial charge in [-0.05, 0) is 36.8 Å². The Kier molecular flexibility index (Phi) is 4.42. The topological polar surface area (TPSA) is 41.1 Å². The smallest absolute Gasteiger partial charge is 0.252 e. The average molecular weight is 275 g/mol. The molecule has 0 radical (unpaired) electrons. The third kappa shape index (κ3) is 3.73. The summed E-state index contributed by atoms with van der Waals surface area (Å²) in [6, 6.07) is 14.7. The highest BCUT2D eigenvalue weighted by atomic mass is 35.5. The Balaban J connectivity index is 1.90. The van der Waals surface area contributed by atoms with Gasteiger partial charge in [-0.25, -0.2) is 0 Å². The molecule has 0 spiro atoms. The minimum atomic E-state index is -0.104. The molecule has 98 valence electrons. The van der Waals surface area contributed by atoms with Gasteiger partial charge >= 0.3 is 0 Å². The van der Waals surface area contributed by atoms with E-state index in [1.165, 1.54) is 0 Å². The van der Waals surface area contributed by atoms with Crippen LogP contribution in [-0.4, -0.2) is 12.6 Å². The Morgan fingerprint density at radius 2 is 1.89 bits per heavy atom. The number of carbonyl (C=O) groups is 1. The van der Waals surface area contributed by atoms with Gasteiger partial charge in [-0.2, -0.15) is 0 Å². The van der Waals surface area contributed by atoms with E-state index in [4.69, 9.17) is 11.6 Å². The van der Waals surface area contributed by atoms with Gasteiger partial charge in [0.2, 0.25) is 0 Å². The maximum atomic E-state index is 11.8. The van der Waals surface area contributed by atoms with Gasteiger partial charge in [0.05, 0.1) is 6.67 Å². The van der Waals surface area contributed by atoms with E-state index in [9.17, 15) is 4.79 Å². The standard InChI is InChI=1S/C15H15ClN2O/c1-11-7-8-13(16)9-14(11)17-10-18-15(19)12-5-3-2-4-6-12/h2-9,17H,10H2,1H3,(H,18,19). The van der Waals surface area contributed by atoms with Crippen LogP contribution in [0.25, 0.3) is 0 Å². The molecule has 3 nitrogen and oxygen atoms in total. The molecule has 0 saturated heterocycles. The average Bonchev–Trinajstić information content (AvgIpc) is 2.43. The summed E-state index contributed by atoms with van der Waals surface area (Å²) in [6.07, 6.45) is 0. The minimum Gasteiger partial charge on any atom is -0.368 e. The van der Waals surface area contributed by atoms with Crippen molar-refractivity contribution < 1.29 is 4.79 Å². The van der Waals surface area contributed by atoms with E-state index in [1.54, 1.807) is 12.1 Å². The van der Waals surface area contributed by atoms with Crippen molar-refractivity contribution >= 4 is 23.2 Å². The second kappa shape index (κ2) is 6.25. The number of anilines is 1. The number of hydrogen-bond acceptors (Lipinski definition) is 2. The molecular formula is C15H15ClN2O. The molecular weight excluding hydrogens is 260 g/mol. The summed E-state index contributed by atoms with van der Waals surface area (Å²) in [5.41, 5.74) is 2.64. The highest BCUT2D eigenvalue weighted by Gasteiger charge is 2.03. The lowest BCUT2D eigenvalue weighted by molar-refractivity contribution is 0.0956. The van der Waals surface area contributed by atoms with E-state index >= 15 is 0 Å². The number of carbonyl (C=O) groups excluding carboxylic acids is 1. The first-order valence-corrected chi connectivity index (χ1v) is 6.38. The Bertz CT molecular complexity index is 570. The zero-order valence-corrected chi connectivity index (χ0v) is 11.4. The fraction of sp³-hybridized carbons (Fsp3) is 0.133. The molecule has 0 saturated carbocycles. The summed E-state index contributed by atoms with van der Waals surface area (Å²) in [5.74, 6) is -0.104. The third-order valence-corrected chi connectivity index (χ3v) is 3.00. The van der Waals surface area contributed by atoms with Crippen molar-refractivity contribution in [3.8, 4) is 0 Å². The quantitative estimate of drug-likeness (QED) is 0.839. The van der Waals surface area contributed by atoms with Crippen LogP contribution in [0, 0.1) is 6.92 Å². The SMILES string of the molecule is Cc1ccc(Cl)cc1NCNC(=O)c1ccccc1. The third-order valence-electron chi connectivity index (χ3n) is 2.76. The lowest BCUT2D eigenvalue weighted by Gasteiger charge is -2.11. The molecule has 2 N–H and O–H groups in total. The van der Waals surface area contributed by atoms with Crippen LogP contribution in [-0.2, 0) is 0 Å². The van der Waals surface area contributed by atoms with E-state index in [0.717, 1.165) is 11.3 Å². The molecule has 0 aromatic heterocycles. The van der Waals surface area contributed by atoms with E-state index in [-0.39, 0.29) is 5.91 Å². The van der Waals surface area contributed by atoms with Crippen LogP contribution in [0.3, 0.4) is 0 Å². The second-order valence-corrected chi connectivity index (χ2v) is 4.62. The molecule has 0 bridgehead atoms. The summed E-state index contributed by atoms with van der Waals surface area (Å²) in [4.78, 5) is 11.8. The predicted molar refractivity (Wildman–Crippen MR) is 78.6 cm³/mol. The van der Waals surface area contributed by atoms with Gasteiger partial charge < -0.3 is 10.6 Å². The van der Waals surface area contributed by atoms with Crippen LogP contribution in [0.15, 0.2) is 48.5 Å². The van der Waals surface area contributed by atoms with Crippen LogP contribution in [0.2, 0.25) is 5.02 Å². The first kappa shape index (κ1) is 13.4. The minimum absolute atomic E-state index is 0.104. The Labute approximate surface area is 117 Å². The molecule has 0 aliphatic carbocycles. The first-order valence-electron chi connectivity index (χ1n) is 6.00. The molecule has 4 heteroatoms. The van der Waals surface area contributed by atoms with Crippen LogP contribution < -0.4 is 10.6 Å². The van der Waals surface area contributed by atoms with Crippen LogP contribution in [0.5, 0.6) is 0 Å². The molecule has 0 unspecified atom stereocenters. The highest BCUT2D eigenvalue weighted by molar-refractivity contribution is 6.30. The molecule has 2 aromatic carbocycles. The molecule has 19 heavy (non-hydrogen) atoms. The van der Waals surface area contributed by atoms with E-state index < -0.39 is 0 Å². The van der Waals surface area contributed by atoms with Crippen molar-refractivity contribution in [2.24, 2.45) is 0 Å². The van der Waals surface area contributed by atoms with Gasteiger partial charge in [0, 0.05) is 16.3 Å². The van der Waals surface area contributed by atoms with Gasteiger partial charge in [0.25, 0.3) is 5.91 Å². The number of benzene rings is 2. The molecule has 0 fully saturated rings. The Hall–Kier alpha value is -2.00. The van der Waals surface area contributed by atoms with Crippen molar-refractivity contribution in [2.45, 2.75) is 6.92 Å². The molecule has 2 rings (SSSR count). The number of nitrogens with one attached hydrogen (secondary N) is 2. The largest absolute Gasteiger partial charge is 0.368 e. The zero-order chi connectivity index (χ0) is 13.7. The Morgan fingerprint density at radius 3 is 2.63 bits per heavy atom. The summed E-state index contributed by atoms with van der Waals surface area (Å²) in [6.45, 7) is 2.34. The maximum Gasteiger partial charge on any atom is 0.252 e. The number of amides is 1. The fourth-order valence-electron chi connectivity index (χ4n) is 1.70. The van der Waals surface area contributed by atoms with Crippen molar-refractivity contribution in [2.75, 3.05) is 12.0 Å². The van der Waals surface area contributed by atoms with Gasteiger partial charge in [0.1, 0.15) is 0 Å². The van der Waals surface area contributed by atoms with Crippen molar-refractivity contribution in [3.63, 3.8) is 0 Å².